The van der Waals surface area contributed by atoms with Crippen LogP contribution in [0.15, 0.2) is 21.4 Å². The normalized spacial score (nSPS) is 19.5. The first-order chi connectivity index (χ1) is 5.81. The van der Waals surface area contributed by atoms with Crippen LogP contribution in [0.2, 0.25) is 0 Å². The van der Waals surface area contributed by atoms with Crippen molar-refractivity contribution in [2.45, 2.75) is 18.9 Å². The third-order valence-corrected chi connectivity index (χ3v) is 2.64. The van der Waals surface area contributed by atoms with Gasteiger partial charge in [0.25, 0.3) is 0 Å². The maximum atomic E-state index is 5.45. The van der Waals surface area contributed by atoms with Crippen molar-refractivity contribution in [2.24, 2.45) is 11.8 Å². The molecule has 12 heavy (non-hydrogen) atoms. The van der Waals surface area contributed by atoms with Crippen molar-refractivity contribution >= 4 is 15.9 Å². The van der Waals surface area contributed by atoms with Gasteiger partial charge in [-0.25, -0.2) is 0 Å². The van der Waals surface area contributed by atoms with Crippen LogP contribution in [0.4, 0.5) is 0 Å². The number of hydrazine groups is 1. The molecule has 0 amide bonds. The number of nitrogens with two attached hydrogens (primary N) is 1. The predicted octanol–water partition coefficient (Wildman–Crippen LogP) is 1.96. The maximum absolute atomic E-state index is 5.45. The summed E-state index contributed by atoms with van der Waals surface area (Å²) in [7, 11) is 0. The van der Waals surface area contributed by atoms with Gasteiger partial charge in [0.1, 0.15) is 0 Å². The van der Waals surface area contributed by atoms with E-state index in [4.69, 9.17) is 10.3 Å². The van der Waals surface area contributed by atoms with Crippen LogP contribution in [0.1, 0.15) is 24.4 Å². The second-order valence-electron chi connectivity index (χ2n) is 3.17. The average molecular weight is 231 g/mol. The summed E-state index contributed by atoms with van der Waals surface area (Å²) < 4.78 is 5.91. The van der Waals surface area contributed by atoms with Crippen molar-refractivity contribution in [3.05, 3.63) is 22.6 Å². The zero-order chi connectivity index (χ0) is 8.55. The van der Waals surface area contributed by atoms with Gasteiger partial charge in [-0.05, 0) is 40.8 Å². The number of furan rings is 1. The van der Waals surface area contributed by atoms with Crippen molar-refractivity contribution in [3.63, 3.8) is 0 Å². The number of rotatable bonds is 3. The van der Waals surface area contributed by atoms with E-state index in [1.54, 1.807) is 6.26 Å². The second kappa shape index (κ2) is 3.20. The highest BCUT2D eigenvalue weighted by Crippen LogP contribution is 2.41. The minimum atomic E-state index is 0.264. The molecule has 3 N–H and O–H groups in total. The van der Waals surface area contributed by atoms with E-state index in [1.165, 1.54) is 12.8 Å². The van der Waals surface area contributed by atoms with Crippen LogP contribution in [0, 0.1) is 5.92 Å². The van der Waals surface area contributed by atoms with Gasteiger partial charge in [-0.3, -0.25) is 11.3 Å². The average Bonchev–Trinajstić information content (AvgIpc) is 2.78. The molecule has 0 aromatic carbocycles. The standard InChI is InChI=1S/C8H11BrN2O/c9-7-3-6(4-12-7)8(11-10)5-1-2-5/h3-5,8,11H,1-2,10H2. The second-order valence-corrected chi connectivity index (χ2v) is 3.95. The lowest BCUT2D eigenvalue weighted by atomic mass is 10.1. The Morgan fingerprint density at radius 1 is 1.67 bits per heavy atom. The molecule has 1 heterocycles. The van der Waals surface area contributed by atoms with E-state index >= 15 is 0 Å². The summed E-state index contributed by atoms with van der Waals surface area (Å²) in [5.74, 6) is 6.14. The fourth-order valence-corrected chi connectivity index (χ4v) is 1.78. The van der Waals surface area contributed by atoms with Gasteiger partial charge in [-0.1, -0.05) is 0 Å². The number of hydrogen-bond donors (Lipinski definition) is 2. The van der Waals surface area contributed by atoms with Gasteiger partial charge in [-0.2, -0.15) is 0 Å². The number of nitrogens with one attached hydrogen (secondary N) is 1. The molecular weight excluding hydrogens is 220 g/mol. The van der Waals surface area contributed by atoms with Crippen LogP contribution in [-0.2, 0) is 0 Å². The molecule has 1 fully saturated rings. The minimum Gasteiger partial charge on any atom is -0.457 e. The lowest BCUT2D eigenvalue weighted by Crippen LogP contribution is -2.29. The Morgan fingerprint density at radius 3 is 2.83 bits per heavy atom. The Balaban J connectivity index is 2.15. The fourth-order valence-electron chi connectivity index (χ4n) is 1.42. The SMILES string of the molecule is NNC(c1coc(Br)c1)C1CC1. The van der Waals surface area contributed by atoms with E-state index < -0.39 is 0 Å². The Morgan fingerprint density at radius 2 is 2.42 bits per heavy atom. The molecule has 0 bridgehead atoms. The van der Waals surface area contributed by atoms with Crippen LogP contribution in [0.5, 0.6) is 0 Å². The summed E-state index contributed by atoms with van der Waals surface area (Å²) >= 11 is 3.26. The first kappa shape index (κ1) is 8.29. The first-order valence-corrected chi connectivity index (χ1v) is 4.80. The summed E-state index contributed by atoms with van der Waals surface area (Å²) in [4.78, 5) is 0. The quantitative estimate of drug-likeness (QED) is 0.617. The summed E-state index contributed by atoms with van der Waals surface area (Å²) in [6, 6.07) is 2.23. The highest BCUT2D eigenvalue weighted by Gasteiger charge is 2.32. The van der Waals surface area contributed by atoms with Crippen molar-refractivity contribution in [1.29, 1.82) is 0 Å². The molecule has 1 aromatic heterocycles. The van der Waals surface area contributed by atoms with Gasteiger partial charge in [0.05, 0.1) is 12.3 Å². The third kappa shape index (κ3) is 1.55. The van der Waals surface area contributed by atoms with E-state index in [0.29, 0.717) is 5.92 Å². The molecule has 3 nitrogen and oxygen atoms in total. The van der Waals surface area contributed by atoms with E-state index in [9.17, 15) is 0 Å². The highest BCUT2D eigenvalue weighted by molar-refractivity contribution is 9.10. The van der Waals surface area contributed by atoms with Gasteiger partial charge >= 0.3 is 0 Å². The van der Waals surface area contributed by atoms with Crippen molar-refractivity contribution in [1.82, 2.24) is 5.43 Å². The smallest absolute Gasteiger partial charge is 0.169 e. The molecule has 0 radical (unpaired) electrons. The van der Waals surface area contributed by atoms with Crippen LogP contribution in [-0.4, -0.2) is 0 Å². The Hall–Kier alpha value is -0.320. The third-order valence-electron chi connectivity index (χ3n) is 2.22. The van der Waals surface area contributed by atoms with E-state index in [2.05, 4.69) is 21.4 Å². The summed E-state index contributed by atoms with van der Waals surface area (Å²) in [6.45, 7) is 0. The van der Waals surface area contributed by atoms with E-state index in [1.807, 2.05) is 6.07 Å². The lowest BCUT2D eigenvalue weighted by molar-refractivity contribution is 0.482. The maximum Gasteiger partial charge on any atom is 0.169 e. The lowest BCUT2D eigenvalue weighted by Gasteiger charge is -2.11. The molecule has 0 aliphatic heterocycles. The van der Waals surface area contributed by atoms with Crippen LogP contribution >= 0.6 is 15.9 Å². The topological polar surface area (TPSA) is 51.2 Å². The molecule has 0 spiro atoms. The van der Waals surface area contributed by atoms with Gasteiger partial charge < -0.3 is 4.42 Å². The number of hydrogen-bond acceptors (Lipinski definition) is 3. The van der Waals surface area contributed by atoms with Gasteiger partial charge in [0.2, 0.25) is 0 Å². The van der Waals surface area contributed by atoms with Gasteiger partial charge in [0.15, 0.2) is 4.67 Å². The van der Waals surface area contributed by atoms with Gasteiger partial charge in [0, 0.05) is 5.56 Å². The molecule has 1 saturated carbocycles. The predicted molar refractivity (Wildman–Crippen MR) is 49.2 cm³/mol. The first-order valence-electron chi connectivity index (χ1n) is 4.01. The van der Waals surface area contributed by atoms with Crippen molar-refractivity contribution in [2.75, 3.05) is 0 Å². The molecule has 1 aliphatic carbocycles. The Kier molecular flexibility index (Phi) is 2.21. The Bertz CT molecular complexity index is 270. The molecule has 2 rings (SSSR count). The highest BCUT2D eigenvalue weighted by atomic mass is 79.9. The molecule has 1 unspecified atom stereocenters. The van der Waals surface area contributed by atoms with E-state index in [0.717, 1.165) is 10.2 Å². The van der Waals surface area contributed by atoms with Crippen LogP contribution in [0.25, 0.3) is 0 Å². The van der Waals surface area contributed by atoms with Crippen LogP contribution in [0.3, 0.4) is 0 Å². The molecule has 66 valence electrons. The Labute approximate surface area is 79.4 Å². The zero-order valence-electron chi connectivity index (χ0n) is 6.59. The molecule has 0 saturated heterocycles. The number of halogens is 1. The van der Waals surface area contributed by atoms with Crippen molar-refractivity contribution in [3.8, 4) is 0 Å². The zero-order valence-corrected chi connectivity index (χ0v) is 8.17. The monoisotopic (exact) mass is 230 g/mol. The summed E-state index contributed by atoms with van der Waals surface area (Å²) in [5.41, 5.74) is 3.94. The van der Waals surface area contributed by atoms with E-state index in [-0.39, 0.29) is 6.04 Å². The van der Waals surface area contributed by atoms with Gasteiger partial charge in [-0.15, -0.1) is 0 Å². The molecule has 1 atom stereocenters. The molecule has 4 heteroatoms. The largest absolute Gasteiger partial charge is 0.457 e. The molecular formula is C8H11BrN2O. The summed E-state index contributed by atoms with van der Waals surface area (Å²) in [5, 5.41) is 0. The fraction of sp³-hybridized carbons (Fsp3) is 0.500. The van der Waals surface area contributed by atoms with Crippen molar-refractivity contribution < 1.29 is 4.42 Å². The van der Waals surface area contributed by atoms with Crippen LogP contribution < -0.4 is 11.3 Å². The minimum absolute atomic E-state index is 0.264. The summed E-state index contributed by atoms with van der Waals surface area (Å²) in [6.07, 6.45) is 4.27. The molecule has 1 aliphatic rings. The molecule has 1 aromatic rings.